The first kappa shape index (κ1) is 17.0. The van der Waals surface area contributed by atoms with Crippen LogP contribution in [0.2, 0.25) is 0 Å². The number of nitrogens with zero attached hydrogens (tertiary/aromatic N) is 3. The van der Waals surface area contributed by atoms with E-state index in [1.165, 1.54) is 24.5 Å². The lowest BCUT2D eigenvalue weighted by Crippen LogP contribution is -2.32. The zero-order chi connectivity index (χ0) is 17.6. The van der Waals surface area contributed by atoms with Gasteiger partial charge in [0.15, 0.2) is 5.65 Å². The fourth-order valence-corrected chi connectivity index (χ4v) is 2.49. The summed E-state index contributed by atoms with van der Waals surface area (Å²) in [5, 5.41) is 9.14. The maximum Gasteiger partial charge on any atom is 0.319 e. The van der Waals surface area contributed by atoms with E-state index in [0.717, 1.165) is 9.86 Å². The lowest BCUT2D eigenvalue weighted by Gasteiger charge is -2.10. The standard InChI is InChI=1S/C16H14BrFN6O/c17-10-6-13-14(22-9-23-15(13)21-8-10)19-4-5-20-16(25)24-12-3-1-2-11(18)7-12/h1-3,6-9H,4-5H2,(H2,20,24,25)(H,19,21,22,23). The Labute approximate surface area is 151 Å². The van der Waals surface area contributed by atoms with Crippen molar-refractivity contribution in [3.05, 3.63) is 53.1 Å². The molecule has 1 aromatic carbocycles. The quantitative estimate of drug-likeness (QED) is 0.568. The van der Waals surface area contributed by atoms with Gasteiger partial charge in [-0.05, 0) is 40.2 Å². The number of halogens is 2. The van der Waals surface area contributed by atoms with Crippen molar-refractivity contribution in [2.24, 2.45) is 0 Å². The van der Waals surface area contributed by atoms with Crippen molar-refractivity contribution in [3.8, 4) is 0 Å². The fraction of sp³-hybridized carbons (Fsp3) is 0.125. The van der Waals surface area contributed by atoms with E-state index in [0.29, 0.717) is 30.2 Å². The molecular weight excluding hydrogens is 391 g/mol. The van der Waals surface area contributed by atoms with Gasteiger partial charge in [-0.25, -0.2) is 24.1 Å². The van der Waals surface area contributed by atoms with Crippen LogP contribution in [-0.2, 0) is 0 Å². The molecular formula is C16H14BrFN6O. The number of carbonyl (C=O) groups excluding carboxylic acids is 1. The molecule has 0 fully saturated rings. The number of benzene rings is 1. The molecule has 0 saturated heterocycles. The Balaban J connectivity index is 1.52. The van der Waals surface area contributed by atoms with Crippen LogP contribution in [0, 0.1) is 5.82 Å². The largest absolute Gasteiger partial charge is 0.368 e. The summed E-state index contributed by atoms with van der Waals surface area (Å²) in [5.41, 5.74) is 0.973. The van der Waals surface area contributed by atoms with Crippen LogP contribution >= 0.6 is 15.9 Å². The molecule has 0 saturated carbocycles. The summed E-state index contributed by atoms with van der Waals surface area (Å²) in [4.78, 5) is 24.3. The second-order valence-corrected chi connectivity index (χ2v) is 5.98. The Morgan fingerprint density at radius 2 is 2.04 bits per heavy atom. The number of hydrogen-bond acceptors (Lipinski definition) is 5. The average Bonchev–Trinajstić information content (AvgIpc) is 2.59. The number of aromatic nitrogens is 3. The maximum atomic E-state index is 13.1. The van der Waals surface area contributed by atoms with Gasteiger partial charge in [0.05, 0.1) is 5.39 Å². The second-order valence-electron chi connectivity index (χ2n) is 5.07. The van der Waals surface area contributed by atoms with Gasteiger partial charge in [-0.15, -0.1) is 0 Å². The van der Waals surface area contributed by atoms with Crippen LogP contribution in [0.4, 0.5) is 20.7 Å². The van der Waals surface area contributed by atoms with Gasteiger partial charge >= 0.3 is 6.03 Å². The smallest absolute Gasteiger partial charge is 0.319 e. The highest BCUT2D eigenvalue weighted by Gasteiger charge is 2.06. The van der Waals surface area contributed by atoms with Crippen LogP contribution in [0.1, 0.15) is 0 Å². The molecule has 2 aromatic heterocycles. The molecule has 3 N–H and O–H groups in total. The molecule has 3 aromatic rings. The van der Waals surface area contributed by atoms with Gasteiger partial charge in [0.1, 0.15) is 18.0 Å². The predicted molar refractivity (Wildman–Crippen MR) is 96.9 cm³/mol. The number of amides is 2. The molecule has 25 heavy (non-hydrogen) atoms. The molecule has 0 spiro atoms. The summed E-state index contributed by atoms with van der Waals surface area (Å²) < 4.78 is 13.9. The molecule has 7 nitrogen and oxygen atoms in total. The topological polar surface area (TPSA) is 91.8 Å². The van der Waals surface area contributed by atoms with E-state index in [9.17, 15) is 9.18 Å². The zero-order valence-corrected chi connectivity index (χ0v) is 14.5. The molecule has 0 aliphatic heterocycles. The highest BCUT2D eigenvalue weighted by atomic mass is 79.9. The summed E-state index contributed by atoms with van der Waals surface area (Å²) in [6.07, 6.45) is 3.09. The Morgan fingerprint density at radius 3 is 2.88 bits per heavy atom. The zero-order valence-electron chi connectivity index (χ0n) is 13.0. The number of rotatable bonds is 5. The van der Waals surface area contributed by atoms with Crippen molar-refractivity contribution < 1.29 is 9.18 Å². The van der Waals surface area contributed by atoms with Crippen molar-refractivity contribution in [2.45, 2.75) is 0 Å². The number of carbonyl (C=O) groups is 1. The number of pyridine rings is 1. The fourth-order valence-electron chi connectivity index (χ4n) is 2.16. The number of fused-ring (bicyclic) bond motifs is 1. The van der Waals surface area contributed by atoms with Crippen molar-refractivity contribution in [3.63, 3.8) is 0 Å². The van der Waals surface area contributed by atoms with Gasteiger partial charge in [-0.3, -0.25) is 0 Å². The number of nitrogens with one attached hydrogen (secondary N) is 3. The third kappa shape index (κ3) is 4.60. The molecule has 3 rings (SSSR count). The molecule has 0 bridgehead atoms. The van der Waals surface area contributed by atoms with Crippen LogP contribution < -0.4 is 16.0 Å². The van der Waals surface area contributed by atoms with E-state index in [1.807, 2.05) is 6.07 Å². The van der Waals surface area contributed by atoms with E-state index < -0.39 is 11.8 Å². The van der Waals surface area contributed by atoms with Crippen LogP contribution in [0.25, 0.3) is 11.0 Å². The minimum Gasteiger partial charge on any atom is -0.368 e. The third-order valence-electron chi connectivity index (χ3n) is 3.24. The first-order valence-electron chi connectivity index (χ1n) is 7.42. The SMILES string of the molecule is O=C(NCCNc1ncnc2ncc(Br)cc12)Nc1cccc(F)c1. The summed E-state index contributed by atoms with van der Waals surface area (Å²) in [6.45, 7) is 0.809. The summed E-state index contributed by atoms with van der Waals surface area (Å²) in [7, 11) is 0. The molecule has 2 heterocycles. The van der Waals surface area contributed by atoms with E-state index >= 15 is 0 Å². The Hall–Kier alpha value is -2.81. The first-order chi connectivity index (χ1) is 12.1. The van der Waals surface area contributed by atoms with Gasteiger partial charge < -0.3 is 16.0 Å². The van der Waals surface area contributed by atoms with Gasteiger partial charge in [0.2, 0.25) is 0 Å². The molecule has 0 aliphatic carbocycles. The van der Waals surface area contributed by atoms with Gasteiger partial charge in [-0.2, -0.15) is 0 Å². The van der Waals surface area contributed by atoms with Crippen LogP contribution in [-0.4, -0.2) is 34.1 Å². The minimum atomic E-state index is -0.413. The lowest BCUT2D eigenvalue weighted by atomic mass is 10.3. The van der Waals surface area contributed by atoms with E-state index in [-0.39, 0.29) is 0 Å². The van der Waals surface area contributed by atoms with Crippen molar-refractivity contribution >= 4 is 44.5 Å². The highest BCUT2D eigenvalue weighted by Crippen LogP contribution is 2.20. The van der Waals surface area contributed by atoms with Crippen molar-refractivity contribution in [1.29, 1.82) is 0 Å². The van der Waals surface area contributed by atoms with Gasteiger partial charge in [0, 0.05) is 29.4 Å². The molecule has 2 amide bonds. The minimum absolute atomic E-state index is 0.355. The number of anilines is 2. The first-order valence-corrected chi connectivity index (χ1v) is 8.22. The molecule has 0 atom stereocenters. The molecule has 0 aliphatic rings. The lowest BCUT2D eigenvalue weighted by molar-refractivity contribution is 0.252. The van der Waals surface area contributed by atoms with Crippen LogP contribution in [0.15, 0.2) is 47.3 Å². The van der Waals surface area contributed by atoms with Crippen molar-refractivity contribution in [2.75, 3.05) is 23.7 Å². The molecule has 0 unspecified atom stereocenters. The summed E-state index contributed by atoms with van der Waals surface area (Å²) >= 11 is 3.37. The Morgan fingerprint density at radius 1 is 1.16 bits per heavy atom. The summed E-state index contributed by atoms with van der Waals surface area (Å²) in [6, 6.07) is 7.15. The number of hydrogen-bond donors (Lipinski definition) is 3. The number of urea groups is 1. The van der Waals surface area contributed by atoms with Crippen LogP contribution in [0.3, 0.4) is 0 Å². The monoisotopic (exact) mass is 404 g/mol. The van der Waals surface area contributed by atoms with Crippen LogP contribution in [0.5, 0.6) is 0 Å². The molecule has 9 heteroatoms. The maximum absolute atomic E-state index is 13.1. The summed E-state index contributed by atoms with van der Waals surface area (Å²) in [5.74, 6) is 0.223. The van der Waals surface area contributed by atoms with Gasteiger partial charge in [0.25, 0.3) is 0 Å². The van der Waals surface area contributed by atoms with E-state index in [1.54, 1.807) is 12.3 Å². The average molecular weight is 405 g/mol. The second kappa shape index (κ2) is 7.84. The molecule has 128 valence electrons. The van der Waals surface area contributed by atoms with E-state index in [4.69, 9.17) is 0 Å². The normalized spacial score (nSPS) is 10.5. The van der Waals surface area contributed by atoms with Gasteiger partial charge in [-0.1, -0.05) is 6.07 Å². The molecule has 0 radical (unpaired) electrons. The van der Waals surface area contributed by atoms with Crippen molar-refractivity contribution in [1.82, 2.24) is 20.3 Å². The Kier molecular flexibility index (Phi) is 5.34. The highest BCUT2D eigenvalue weighted by molar-refractivity contribution is 9.10. The van der Waals surface area contributed by atoms with E-state index in [2.05, 4.69) is 46.8 Å². The Bertz CT molecular complexity index is 907. The predicted octanol–water partition coefficient (Wildman–Crippen LogP) is 3.16. The third-order valence-corrected chi connectivity index (χ3v) is 3.67.